The van der Waals surface area contributed by atoms with Crippen molar-refractivity contribution in [3.8, 4) is 39.9 Å². The Labute approximate surface area is 212 Å². The Kier molecular flexibility index (Phi) is 7.24. The molecule has 0 amide bonds. The maximum atomic E-state index is 13.5. The van der Waals surface area contributed by atoms with Crippen molar-refractivity contribution in [1.82, 2.24) is 0 Å². The second-order valence-electron chi connectivity index (χ2n) is 8.16. The standard InChI is InChI=1S/C28H26O9/c1-33-22-12-10-17(27(35-3)28(22)36-4)19(13-23(31)34-2)24-21(30)11-9-18-25(32)20(14-37-26(18)24)15-5-7-16(29)8-6-15/h5-12,14,19,29-30H,13H2,1-4H3. The zero-order valence-corrected chi connectivity index (χ0v) is 20.7. The number of fused-ring (bicyclic) bond motifs is 1. The Balaban J connectivity index is 2.00. The fourth-order valence-corrected chi connectivity index (χ4v) is 4.40. The molecule has 2 N–H and O–H groups in total. The summed E-state index contributed by atoms with van der Waals surface area (Å²) in [4.78, 5) is 26.0. The monoisotopic (exact) mass is 506 g/mol. The number of hydrogen-bond acceptors (Lipinski definition) is 9. The number of ether oxygens (including phenoxy) is 4. The van der Waals surface area contributed by atoms with Crippen molar-refractivity contribution >= 4 is 16.9 Å². The fourth-order valence-electron chi connectivity index (χ4n) is 4.40. The zero-order chi connectivity index (χ0) is 26.7. The Bertz CT molecular complexity index is 1500. The van der Waals surface area contributed by atoms with Crippen LogP contribution in [0.3, 0.4) is 0 Å². The summed E-state index contributed by atoms with van der Waals surface area (Å²) >= 11 is 0. The predicted molar refractivity (Wildman–Crippen MR) is 136 cm³/mol. The summed E-state index contributed by atoms with van der Waals surface area (Å²) in [6.07, 6.45) is 1.10. The number of phenolic OH excluding ortho intramolecular Hbond substituents is 2. The van der Waals surface area contributed by atoms with E-state index in [4.69, 9.17) is 23.4 Å². The minimum atomic E-state index is -0.839. The molecule has 9 nitrogen and oxygen atoms in total. The van der Waals surface area contributed by atoms with Gasteiger partial charge in [0.25, 0.3) is 0 Å². The van der Waals surface area contributed by atoms with Gasteiger partial charge < -0.3 is 33.6 Å². The van der Waals surface area contributed by atoms with Gasteiger partial charge in [0.05, 0.1) is 45.8 Å². The number of hydrogen-bond donors (Lipinski definition) is 2. The summed E-state index contributed by atoms with van der Waals surface area (Å²) in [7, 11) is 5.65. The van der Waals surface area contributed by atoms with Crippen molar-refractivity contribution < 1.29 is 38.4 Å². The first-order valence-corrected chi connectivity index (χ1v) is 11.3. The lowest BCUT2D eigenvalue weighted by Gasteiger charge is -2.23. The van der Waals surface area contributed by atoms with Gasteiger partial charge in [0.2, 0.25) is 11.2 Å². The van der Waals surface area contributed by atoms with E-state index in [1.165, 1.54) is 59.0 Å². The van der Waals surface area contributed by atoms with Crippen LogP contribution in [-0.2, 0) is 9.53 Å². The van der Waals surface area contributed by atoms with E-state index in [1.807, 2.05) is 0 Å². The normalized spacial score (nSPS) is 11.7. The van der Waals surface area contributed by atoms with Crippen LogP contribution < -0.4 is 19.6 Å². The maximum absolute atomic E-state index is 13.5. The molecule has 37 heavy (non-hydrogen) atoms. The molecule has 0 saturated carbocycles. The number of methoxy groups -OCH3 is 4. The highest BCUT2D eigenvalue weighted by atomic mass is 16.5. The lowest BCUT2D eigenvalue weighted by atomic mass is 9.85. The summed E-state index contributed by atoms with van der Waals surface area (Å²) in [5.74, 6) is -0.514. The van der Waals surface area contributed by atoms with Gasteiger partial charge in [-0.3, -0.25) is 9.59 Å². The number of phenols is 2. The van der Waals surface area contributed by atoms with E-state index in [1.54, 1.807) is 24.3 Å². The zero-order valence-electron chi connectivity index (χ0n) is 20.7. The smallest absolute Gasteiger partial charge is 0.306 e. The van der Waals surface area contributed by atoms with Crippen LogP contribution in [0.4, 0.5) is 0 Å². The van der Waals surface area contributed by atoms with Crippen molar-refractivity contribution in [3.63, 3.8) is 0 Å². The molecule has 1 atom stereocenters. The van der Waals surface area contributed by atoms with Gasteiger partial charge in [-0.2, -0.15) is 0 Å². The van der Waals surface area contributed by atoms with Crippen LogP contribution in [0.5, 0.6) is 28.7 Å². The largest absolute Gasteiger partial charge is 0.508 e. The van der Waals surface area contributed by atoms with Crippen LogP contribution >= 0.6 is 0 Å². The SMILES string of the molecule is COC(=O)CC(c1ccc(OC)c(OC)c1OC)c1c(O)ccc2c(=O)c(-c3ccc(O)cc3)coc12. The number of carbonyl (C=O) groups excluding carboxylic acids is 1. The topological polar surface area (TPSA) is 125 Å². The molecule has 0 bridgehead atoms. The molecule has 9 heteroatoms. The molecule has 1 aromatic heterocycles. The molecule has 4 aromatic rings. The Morgan fingerprint density at radius 1 is 0.892 bits per heavy atom. The molecule has 0 radical (unpaired) electrons. The van der Waals surface area contributed by atoms with Crippen molar-refractivity contribution in [1.29, 1.82) is 0 Å². The summed E-state index contributed by atoms with van der Waals surface area (Å²) < 4.78 is 27.4. The van der Waals surface area contributed by atoms with Crippen LogP contribution in [0, 0.1) is 0 Å². The minimum absolute atomic E-state index is 0.0654. The molecule has 0 spiro atoms. The van der Waals surface area contributed by atoms with E-state index >= 15 is 0 Å². The highest BCUT2D eigenvalue weighted by Gasteiger charge is 2.31. The Morgan fingerprint density at radius 3 is 2.22 bits per heavy atom. The van der Waals surface area contributed by atoms with E-state index in [9.17, 15) is 19.8 Å². The van der Waals surface area contributed by atoms with Gasteiger partial charge >= 0.3 is 5.97 Å². The third-order valence-electron chi connectivity index (χ3n) is 6.19. The van der Waals surface area contributed by atoms with Gasteiger partial charge in [-0.25, -0.2) is 0 Å². The Morgan fingerprint density at radius 2 is 1.59 bits per heavy atom. The molecule has 4 rings (SSSR count). The molecule has 192 valence electrons. The third-order valence-corrected chi connectivity index (χ3v) is 6.19. The molecular formula is C28H26O9. The average Bonchev–Trinajstić information content (AvgIpc) is 2.91. The molecular weight excluding hydrogens is 480 g/mol. The van der Waals surface area contributed by atoms with Crippen LogP contribution in [0.2, 0.25) is 0 Å². The number of carbonyl (C=O) groups is 1. The van der Waals surface area contributed by atoms with Crippen LogP contribution in [0.1, 0.15) is 23.5 Å². The Hall–Kier alpha value is -4.66. The average molecular weight is 507 g/mol. The molecule has 1 heterocycles. The molecule has 0 fully saturated rings. The first kappa shape index (κ1) is 25.4. The maximum Gasteiger partial charge on any atom is 0.306 e. The number of aromatic hydroxyl groups is 2. The quantitative estimate of drug-likeness (QED) is 0.330. The van der Waals surface area contributed by atoms with E-state index in [2.05, 4.69) is 0 Å². The molecule has 1 unspecified atom stereocenters. The van der Waals surface area contributed by atoms with Crippen molar-refractivity contribution in [2.24, 2.45) is 0 Å². The summed E-state index contributed by atoms with van der Waals surface area (Å²) in [5.41, 5.74) is 1.29. The highest BCUT2D eigenvalue weighted by molar-refractivity contribution is 5.87. The van der Waals surface area contributed by atoms with Gasteiger partial charge in [0, 0.05) is 17.0 Å². The summed E-state index contributed by atoms with van der Waals surface area (Å²) in [5, 5.41) is 20.8. The van der Waals surface area contributed by atoms with Crippen LogP contribution in [0.25, 0.3) is 22.1 Å². The van der Waals surface area contributed by atoms with Gasteiger partial charge in [-0.1, -0.05) is 18.2 Å². The molecule has 0 saturated heterocycles. The summed E-state index contributed by atoms with van der Waals surface area (Å²) in [6, 6.07) is 12.3. The molecule has 0 aliphatic rings. The van der Waals surface area contributed by atoms with E-state index in [0.717, 1.165) is 0 Å². The second-order valence-corrected chi connectivity index (χ2v) is 8.16. The lowest BCUT2D eigenvalue weighted by Crippen LogP contribution is -2.14. The number of benzene rings is 3. The van der Waals surface area contributed by atoms with E-state index in [-0.39, 0.29) is 51.2 Å². The van der Waals surface area contributed by atoms with Crippen molar-refractivity contribution in [3.05, 3.63) is 76.1 Å². The van der Waals surface area contributed by atoms with Crippen LogP contribution in [0.15, 0.2) is 64.0 Å². The van der Waals surface area contributed by atoms with Crippen LogP contribution in [-0.4, -0.2) is 44.6 Å². The molecule has 0 aliphatic heterocycles. The van der Waals surface area contributed by atoms with Gasteiger partial charge in [0.15, 0.2) is 11.5 Å². The summed E-state index contributed by atoms with van der Waals surface area (Å²) in [6.45, 7) is 0. The fraction of sp³-hybridized carbons (Fsp3) is 0.214. The van der Waals surface area contributed by atoms with Gasteiger partial charge in [0.1, 0.15) is 23.3 Å². The van der Waals surface area contributed by atoms with Crippen molar-refractivity contribution in [2.45, 2.75) is 12.3 Å². The number of esters is 1. The molecule has 0 aliphatic carbocycles. The van der Waals surface area contributed by atoms with E-state index < -0.39 is 11.9 Å². The minimum Gasteiger partial charge on any atom is -0.508 e. The number of rotatable bonds is 8. The molecule has 3 aromatic carbocycles. The van der Waals surface area contributed by atoms with Gasteiger partial charge in [-0.15, -0.1) is 0 Å². The second kappa shape index (κ2) is 10.5. The van der Waals surface area contributed by atoms with E-state index in [0.29, 0.717) is 22.6 Å². The first-order valence-electron chi connectivity index (χ1n) is 11.3. The van der Waals surface area contributed by atoms with Gasteiger partial charge in [-0.05, 0) is 35.9 Å². The highest BCUT2D eigenvalue weighted by Crippen LogP contribution is 2.48. The first-order chi connectivity index (χ1) is 17.8. The third kappa shape index (κ3) is 4.63. The predicted octanol–water partition coefficient (Wildman–Crippen LogP) is 4.59. The van der Waals surface area contributed by atoms with Crippen molar-refractivity contribution in [2.75, 3.05) is 28.4 Å². The lowest BCUT2D eigenvalue weighted by molar-refractivity contribution is -0.140.